The number of carbonyl (C=O) groups is 1. The van der Waals surface area contributed by atoms with Crippen LogP contribution in [0.3, 0.4) is 0 Å². The predicted molar refractivity (Wildman–Crippen MR) is 80.5 cm³/mol. The topological polar surface area (TPSA) is 67.6 Å². The number of rotatable bonds is 3. The number of nitrogens with one attached hydrogen (secondary N) is 1. The zero-order valence-corrected chi connectivity index (χ0v) is 13.3. The number of carbonyl (C=O) groups excluding carboxylic acids is 1. The molecule has 1 saturated heterocycles. The van der Waals surface area contributed by atoms with Crippen molar-refractivity contribution in [3.8, 4) is 0 Å². The maximum Gasteiger partial charge on any atom is 0.275 e. The average molecular weight is 297 g/mol. The minimum atomic E-state index is -0.233. The third-order valence-corrected chi connectivity index (χ3v) is 4.23. The summed E-state index contributed by atoms with van der Waals surface area (Å²) in [7, 11) is 0. The molecular weight excluding hydrogens is 274 g/mol. The third-order valence-electron chi connectivity index (χ3n) is 3.16. The Hall–Kier alpha value is -0.950. The predicted octanol–water partition coefficient (Wildman–Crippen LogP) is 1.74. The highest BCUT2D eigenvalue weighted by molar-refractivity contribution is 7.14. The highest BCUT2D eigenvalue weighted by Crippen LogP contribution is 2.30. The largest absolute Gasteiger partial charge is 0.367 e. The average Bonchev–Trinajstić information content (AvgIpc) is 2.72. The fourth-order valence-electron chi connectivity index (χ4n) is 2.93. The van der Waals surface area contributed by atoms with E-state index in [-0.39, 0.29) is 17.1 Å². The van der Waals surface area contributed by atoms with Crippen molar-refractivity contribution in [3.63, 3.8) is 0 Å². The standard InChI is InChI=1S/C14H23N3O2S/c1-13(2)8-17(9-14(3,4)19-13)7-10-5-6-11(20-10)12(18)16-15/h5-6H,7-9,15H2,1-4H3,(H,16,18). The van der Waals surface area contributed by atoms with E-state index in [4.69, 9.17) is 10.6 Å². The molecule has 6 heteroatoms. The SMILES string of the molecule is CC1(C)CN(Cc2ccc(C(=O)NN)s2)CC(C)(C)O1. The molecule has 1 aromatic heterocycles. The van der Waals surface area contributed by atoms with Gasteiger partial charge in [0, 0.05) is 24.5 Å². The molecule has 5 nitrogen and oxygen atoms in total. The smallest absolute Gasteiger partial charge is 0.275 e. The van der Waals surface area contributed by atoms with Crippen LogP contribution in [0.15, 0.2) is 12.1 Å². The second kappa shape index (κ2) is 5.44. The molecule has 0 aliphatic carbocycles. The van der Waals surface area contributed by atoms with Gasteiger partial charge in [-0.25, -0.2) is 5.84 Å². The molecule has 1 fully saturated rings. The van der Waals surface area contributed by atoms with Crippen LogP contribution < -0.4 is 11.3 Å². The Kier molecular flexibility index (Phi) is 4.20. The van der Waals surface area contributed by atoms with Gasteiger partial charge in [0.1, 0.15) is 0 Å². The van der Waals surface area contributed by atoms with Gasteiger partial charge in [0.15, 0.2) is 0 Å². The van der Waals surface area contributed by atoms with E-state index in [1.54, 1.807) is 0 Å². The van der Waals surface area contributed by atoms with Crippen molar-refractivity contribution < 1.29 is 9.53 Å². The number of hydrogen-bond acceptors (Lipinski definition) is 5. The lowest BCUT2D eigenvalue weighted by Crippen LogP contribution is -2.56. The van der Waals surface area contributed by atoms with Crippen LogP contribution in [0.4, 0.5) is 0 Å². The number of morpholine rings is 1. The van der Waals surface area contributed by atoms with E-state index in [0.717, 1.165) is 24.5 Å². The molecular formula is C14H23N3O2S. The highest BCUT2D eigenvalue weighted by Gasteiger charge is 2.38. The Labute approximate surface area is 124 Å². The summed E-state index contributed by atoms with van der Waals surface area (Å²) in [5.74, 6) is 4.92. The summed E-state index contributed by atoms with van der Waals surface area (Å²) >= 11 is 1.48. The first-order valence-corrected chi connectivity index (χ1v) is 7.55. The van der Waals surface area contributed by atoms with Gasteiger partial charge < -0.3 is 4.74 Å². The number of nitrogens with two attached hydrogens (primary N) is 1. The van der Waals surface area contributed by atoms with E-state index >= 15 is 0 Å². The van der Waals surface area contributed by atoms with Gasteiger partial charge in [-0.05, 0) is 39.8 Å². The van der Waals surface area contributed by atoms with Crippen molar-refractivity contribution in [2.75, 3.05) is 13.1 Å². The van der Waals surface area contributed by atoms with Gasteiger partial charge in [-0.15, -0.1) is 11.3 Å². The number of hydrogen-bond donors (Lipinski definition) is 2. The number of nitrogen functional groups attached to an aromatic ring is 1. The Bertz CT molecular complexity index is 480. The molecule has 112 valence electrons. The van der Waals surface area contributed by atoms with Gasteiger partial charge in [-0.1, -0.05) is 0 Å². The number of hydrazine groups is 1. The summed E-state index contributed by atoms with van der Waals surface area (Å²) < 4.78 is 6.07. The summed E-state index contributed by atoms with van der Waals surface area (Å²) in [5, 5.41) is 0. The van der Waals surface area contributed by atoms with E-state index in [2.05, 4.69) is 38.0 Å². The fourth-order valence-corrected chi connectivity index (χ4v) is 3.89. The molecule has 0 spiro atoms. The van der Waals surface area contributed by atoms with Gasteiger partial charge >= 0.3 is 0 Å². The summed E-state index contributed by atoms with van der Waals surface area (Å²) in [6.45, 7) is 11.1. The molecule has 0 radical (unpaired) electrons. The molecule has 1 aliphatic heterocycles. The Morgan fingerprint density at radius 1 is 1.35 bits per heavy atom. The first-order chi connectivity index (χ1) is 9.21. The lowest BCUT2D eigenvalue weighted by molar-refractivity contribution is -0.182. The van der Waals surface area contributed by atoms with E-state index in [1.165, 1.54) is 11.3 Å². The highest BCUT2D eigenvalue weighted by atomic mass is 32.1. The lowest BCUT2D eigenvalue weighted by Gasteiger charge is -2.47. The van der Waals surface area contributed by atoms with Crippen LogP contribution in [0.5, 0.6) is 0 Å². The van der Waals surface area contributed by atoms with Crippen LogP contribution in [0, 0.1) is 0 Å². The van der Waals surface area contributed by atoms with Crippen molar-refractivity contribution in [2.45, 2.75) is 45.4 Å². The summed E-state index contributed by atoms with van der Waals surface area (Å²) in [6, 6.07) is 3.81. The minimum Gasteiger partial charge on any atom is -0.367 e. The van der Waals surface area contributed by atoms with Gasteiger partial charge in [-0.2, -0.15) is 0 Å². The molecule has 0 atom stereocenters. The van der Waals surface area contributed by atoms with E-state index in [0.29, 0.717) is 4.88 Å². The second-order valence-electron chi connectivity index (χ2n) is 6.51. The lowest BCUT2D eigenvalue weighted by atomic mass is 9.99. The van der Waals surface area contributed by atoms with Gasteiger partial charge in [0.25, 0.3) is 5.91 Å². The van der Waals surface area contributed by atoms with Crippen LogP contribution in [0.25, 0.3) is 0 Å². The third kappa shape index (κ3) is 3.79. The normalized spacial score (nSPS) is 21.6. The molecule has 2 rings (SSSR count). The maximum atomic E-state index is 11.5. The maximum absolute atomic E-state index is 11.5. The second-order valence-corrected chi connectivity index (χ2v) is 7.67. The molecule has 0 aromatic carbocycles. The van der Waals surface area contributed by atoms with E-state index in [9.17, 15) is 4.79 Å². The molecule has 2 heterocycles. The zero-order valence-electron chi connectivity index (χ0n) is 12.5. The van der Waals surface area contributed by atoms with Crippen molar-refractivity contribution >= 4 is 17.2 Å². The van der Waals surface area contributed by atoms with Crippen LogP contribution in [0.1, 0.15) is 42.2 Å². The zero-order chi connectivity index (χ0) is 15.0. The van der Waals surface area contributed by atoms with E-state index < -0.39 is 0 Å². The molecule has 1 amide bonds. The van der Waals surface area contributed by atoms with Gasteiger partial charge in [-0.3, -0.25) is 15.1 Å². The molecule has 1 aliphatic rings. The number of ether oxygens (including phenoxy) is 1. The van der Waals surface area contributed by atoms with E-state index in [1.807, 2.05) is 12.1 Å². The summed E-state index contributed by atoms with van der Waals surface area (Å²) in [4.78, 5) is 15.7. The Balaban J connectivity index is 2.06. The van der Waals surface area contributed by atoms with Crippen molar-refractivity contribution in [1.82, 2.24) is 10.3 Å². The summed E-state index contributed by atoms with van der Waals surface area (Å²) in [6.07, 6.45) is 0. The van der Waals surface area contributed by atoms with Gasteiger partial charge in [0.2, 0.25) is 0 Å². The molecule has 1 aromatic rings. The van der Waals surface area contributed by atoms with Crippen LogP contribution in [-0.2, 0) is 11.3 Å². The first kappa shape index (κ1) is 15.4. The van der Waals surface area contributed by atoms with Crippen LogP contribution in [0.2, 0.25) is 0 Å². The van der Waals surface area contributed by atoms with Crippen LogP contribution >= 0.6 is 11.3 Å². The molecule has 3 N–H and O–H groups in total. The molecule has 0 unspecified atom stereocenters. The first-order valence-electron chi connectivity index (χ1n) is 6.73. The molecule has 0 bridgehead atoms. The van der Waals surface area contributed by atoms with Crippen molar-refractivity contribution in [3.05, 3.63) is 21.9 Å². The Morgan fingerprint density at radius 3 is 2.50 bits per heavy atom. The summed E-state index contributed by atoms with van der Waals surface area (Å²) in [5.41, 5.74) is 1.85. The number of nitrogens with zero attached hydrogens (tertiary/aromatic N) is 1. The van der Waals surface area contributed by atoms with Crippen LogP contribution in [-0.4, -0.2) is 35.1 Å². The van der Waals surface area contributed by atoms with Crippen molar-refractivity contribution in [2.24, 2.45) is 5.84 Å². The molecule has 20 heavy (non-hydrogen) atoms. The Morgan fingerprint density at radius 2 is 1.95 bits per heavy atom. The molecule has 0 saturated carbocycles. The van der Waals surface area contributed by atoms with Gasteiger partial charge in [0.05, 0.1) is 16.1 Å². The van der Waals surface area contributed by atoms with Crippen molar-refractivity contribution in [1.29, 1.82) is 0 Å². The fraction of sp³-hybridized carbons (Fsp3) is 0.643. The quantitative estimate of drug-likeness (QED) is 0.507. The number of amides is 1. The monoisotopic (exact) mass is 297 g/mol. The number of thiophene rings is 1. The minimum absolute atomic E-state index is 0.156.